The maximum absolute atomic E-state index is 12.4. The quantitative estimate of drug-likeness (QED) is 0.754. The van der Waals surface area contributed by atoms with Crippen LogP contribution in [0.2, 0.25) is 0 Å². The van der Waals surface area contributed by atoms with E-state index >= 15 is 0 Å². The lowest BCUT2D eigenvalue weighted by Crippen LogP contribution is -2.45. The minimum atomic E-state index is -0.192. The van der Waals surface area contributed by atoms with E-state index in [9.17, 15) is 4.79 Å². The number of nitrogens with one attached hydrogen (secondary N) is 1. The Morgan fingerprint density at radius 1 is 1.53 bits per heavy atom. The van der Waals surface area contributed by atoms with Gasteiger partial charge < -0.3 is 4.90 Å². The predicted octanol–water partition coefficient (Wildman–Crippen LogP) is 1.88. The fourth-order valence-electron chi connectivity index (χ4n) is 3.07. The van der Waals surface area contributed by atoms with Crippen molar-refractivity contribution in [3.05, 3.63) is 0 Å². The van der Waals surface area contributed by atoms with Crippen LogP contribution < -0.4 is 5.32 Å². The van der Waals surface area contributed by atoms with Crippen molar-refractivity contribution in [1.29, 1.82) is 0 Å². The largest absolute Gasteiger partial charge is 0.323 e. The smallest absolute Gasteiger partial charge is 0.244 e. The lowest BCUT2D eigenvalue weighted by molar-refractivity contribution is -0.134. The molecule has 2 atom stereocenters. The molecule has 1 aliphatic carbocycles. The monoisotopic (exact) mass is 210 g/mol. The first kappa shape index (κ1) is 10.9. The van der Waals surface area contributed by atoms with Crippen LogP contribution in [0.1, 0.15) is 52.9 Å². The van der Waals surface area contributed by atoms with Gasteiger partial charge >= 0.3 is 0 Å². The Morgan fingerprint density at radius 2 is 2.13 bits per heavy atom. The highest BCUT2D eigenvalue weighted by molar-refractivity contribution is 5.89. The summed E-state index contributed by atoms with van der Waals surface area (Å²) < 4.78 is 0. The molecule has 0 aromatic heterocycles. The minimum Gasteiger partial charge on any atom is -0.323 e. The topological polar surface area (TPSA) is 32.3 Å². The first-order valence-electron chi connectivity index (χ1n) is 6.21. The van der Waals surface area contributed by atoms with Crippen molar-refractivity contribution in [2.24, 2.45) is 0 Å². The molecule has 2 fully saturated rings. The van der Waals surface area contributed by atoms with Gasteiger partial charge in [0.1, 0.15) is 0 Å². The van der Waals surface area contributed by atoms with Gasteiger partial charge in [-0.1, -0.05) is 19.8 Å². The SMILES string of the molecule is CCC(C)N1C(=O)C2(CCCC2)NC1C. The highest BCUT2D eigenvalue weighted by Gasteiger charge is 2.51. The van der Waals surface area contributed by atoms with E-state index in [4.69, 9.17) is 0 Å². The zero-order chi connectivity index (χ0) is 11.1. The standard InChI is InChI=1S/C12H22N2O/c1-4-9(2)14-10(3)13-12(11(14)15)7-5-6-8-12/h9-10,13H,4-8H2,1-3H3. The van der Waals surface area contributed by atoms with Crippen molar-refractivity contribution >= 4 is 5.91 Å². The van der Waals surface area contributed by atoms with Gasteiger partial charge in [0, 0.05) is 6.04 Å². The third-order valence-corrected chi connectivity index (χ3v) is 4.07. The van der Waals surface area contributed by atoms with Crippen molar-refractivity contribution in [3.8, 4) is 0 Å². The lowest BCUT2D eigenvalue weighted by Gasteiger charge is -2.27. The molecule has 0 aromatic rings. The van der Waals surface area contributed by atoms with E-state index in [0.29, 0.717) is 11.9 Å². The number of rotatable bonds is 2. The Morgan fingerprint density at radius 3 is 2.67 bits per heavy atom. The molecule has 15 heavy (non-hydrogen) atoms. The van der Waals surface area contributed by atoms with E-state index in [1.807, 2.05) is 4.90 Å². The van der Waals surface area contributed by atoms with Crippen LogP contribution in [0.25, 0.3) is 0 Å². The molecule has 86 valence electrons. The molecule has 0 aromatic carbocycles. The maximum atomic E-state index is 12.4. The van der Waals surface area contributed by atoms with E-state index in [1.54, 1.807) is 0 Å². The molecule has 3 heteroatoms. The van der Waals surface area contributed by atoms with Gasteiger partial charge in [-0.05, 0) is 33.1 Å². The van der Waals surface area contributed by atoms with Gasteiger partial charge in [-0.3, -0.25) is 10.1 Å². The summed E-state index contributed by atoms with van der Waals surface area (Å²) in [5, 5.41) is 3.52. The Bertz CT molecular complexity index is 258. The summed E-state index contributed by atoms with van der Waals surface area (Å²) in [6, 6.07) is 0.361. The number of amides is 1. The van der Waals surface area contributed by atoms with Gasteiger partial charge in [-0.2, -0.15) is 0 Å². The number of hydrogen-bond acceptors (Lipinski definition) is 2. The van der Waals surface area contributed by atoms with E-state index in [-0.39, 0.29) is 11.7 Å². The van der Waals surface area contributed by atoms with Crippen molar-refractivity contribution < 1.29 is 4.79 Å². The van der Waals surface area contributed by atoms with Crippen LogP contribution in [0.3, 0.4) is 0 Å². The Hall–Kier alpha value is -0.570. The molecule has 1 N–H and O–H groups in total. The zero-order valence-corrected chi connectivity index (χ0v) is 10.0. The van der Waals surface area contributed by atoms with Crippen molar-refractivity contribution in [3.63, 3.8) is 0 Å². The molecule has 1 amide bonds. The molecule has 1 saturated carbocycles. The summed E-state index contributed by atoms with van der Waals surface area (Å²) in [6.07, 6.45) is 5.70. The number of carbonyl (C=O) groups is 1. The first-order chi connectivity index (χ1) is 7.10. The average Bonchev–Trinajstić information content (AvgIpc) is 2.75. The first-order valence-corrected chi connectivity index (χ1v) is 6.21. The van der Waals surface area contributed by atoms with Gasteiger partial charge in [0.25, 0.3) is 0 Å². The zero-order valence-electron chi connectivity index (χ0n) is 10.0. The molecule has 0 radical (unpaired) electrons. The van der Waals surface area contributed by atoms with Gasteiger partial charge in [0.15, 0.2) is 0 Å². The summed E-state index contributed by atoms with van der Waals surface area (Å²) >= 11 is 0. The van der Waals surface area contributed by atoms with Crippen LogP contribution in [0.5, 0.6) is 0 Å². The molecule has 3 nitrogen and oxygen atoms in total. The Kier molecular flexibility index (Phi) is 2.75. The molecule has 2 rings (SSSR count). The Balaban J connectivity index is 2.19. The molecule has 2 aliphatic rings. The molecule has 1 heterocycles. The summed E-state index contributed by atoms with van der Waals surface area (Å²) in [5.74, 6) is 0.349. The predicted molar refractivity (Wildman–Crippen MR) is 60.4 cm³/mol. The van der Waals surface area contributed by atoms with Gasteiger partial charge in [0.2, 0.25) is 5.91 Å². The van der Waals surface area contributed by atoms with Crippen LogP contribution in [-0.4, -0.2) is 28.6 Å². The van der Waals surface area contributed by atoms with E-state index in [1.165, 1.54) is 12.8 Å². The van der Waals surface area contributed by atoms with Crippen LogP contribution in [0.15, 0.2) is 0 Å². The second-order valence-electron chi connectivity index (χ2n) is 5.08. The fourth-order valence-corrected chi connectivity index (χ4v) is 3.07. The van der Waals surface area contributed by atoms with Crippen LogP contribution in [0, 0.1) is 0 Å². The maximum Gasteiger partial charge on any atom is 0.244 e. The molecule has 2 unspecified atom stereocenters. The molecule has 1 aliphatic heterocycles. The van der Waals surface area contributed by atoms with Gasteiger partial charge in [-0.15, -0.1) is 0 Å². The molecular formula is C12H22N2O. The summed E-state index contributed by atoms with van der Waals surface area (Å²) in [7, 11) is 0. The number of hydrogen-bond donors (Lipinski definition) is 1. The van der Waals surface area contributed by atoms with E-state index < -0.39 is 0 Å². The highest BCUT2D eigenvalue weighted by atomic mass is 16.2. The molecule has 1 saturated heterocycles. The molecule has 0 bridgehead atoms. The third-order valence-electron chi connectivity index (χ3n) is 4.07. The second kappa shape index (κ2) is 3.78. The summed E-state index contributed by atoms with van der Waals surface area (Å²) in [6.45, 7) is 6.39. The summed E-state index contributed by atoms with van der Waals surface area (Å²) in [5.41, 5.74) is -0.192. The van der Waals surface area contributed by atoms with Crippen molar-refractivity contribution in [2.75, 3.05) is 0 Å². The average molecular weight is 210 g/mol. The van der Waals surface area contributed by atoms with Crippen molar-refractivity contribution in [2.45, 2.75) is 70.6 Å². The van der Waals surface area contributed by atoms with Crippen LogP contribution in [0.4, 0.5) is 0 Å². The Labute approximate surface area is 92.2 Å². The minimum absolute atomic E-state index is 0.192. The number of nitrogens with zero attached hydrogens (tertiary/aromatic N) is 1. The van der Waals surface area contributed by atoms with E-state index in [0.717, 1.165) is 19.3 Å². The lowest BCUT2D eigenvalue weighted by atomic mass is 9.97. The fraction of sp³-hybridized carbons (Fsp3) is 0.917. The van der Waals surface area contributed by atoms with Crippen LogP contribution >= 0.6 is 0 Å². The van der Waals surface area contributed by atoms with Crippen LogP contribution in [-0.2, 0) is 4.79 Å². The normalized spacial score (nSPS) is 31.5. The summed E-state index contributed by atoms with van der Waals surface area (Å²) in [4.78, 5) is 14.5. The number of carbonyl (C=O) groups excluding carboxylic acids is 1. The molecule has 1 spiro atoms. The van der Waals surface area contributed by atoms with Gasteiger partial charge in [-0.25, -0.2) is 0 Å². The third kappa shape index (κ3) is 1.57. The van der Waals surface area contributed by atoms with Crippen molar-refractivity contribution in [1.82, 2.24) is 10.2 Å². The molecular weight excluding hydrogens is 188 g/mol. The second-order valence-corrected chi connectivity index (χ2v) is 5.08. The van der Waals surface area contributed by atoms with E-state index in [2.05, 4.69) is 26.1 Å². The highest BCUT2D eigenvalue weighted by Crippen LogP contribution is 2.37. The van der Waals surface area contributed by atoms with Gasteiger partial charge in [0.05, 0.1) is 11.7 Å².